The van der Waals surface area contributed by atoms with Crippen molar-refractivity contribution in [2.45, 2.75) is 17.4 Å². The van der Waals surface area contributed by atoms with Crippen LogP contribution in [0.2, 0.25) is 5.02 Å². The standard InChI is InChI=1S/C20H19ClFN3O5S/c21-15-2-1-3-16(22)19(15)17-12-18(30-24-17)20(26)23-13-4-6-14(7-5-13)31(27,28)25-8-10-29-11-9-25/h1-7,18H,8-12H2,(H,23,26)/t18-/m0/s1. The summed E-state index contributed by atoms with van der Waals surface area (Å²) < 4.78 is 45.9. The molecule has 31 heavy (non-hydrogen) atoms. The number of halogens is 2. The fourth-order valence-corrected chi connectivity index (χ4v) is 4.99. The van der Waals surface area contributed by atoms with Crippen LogP contribution < -0.4 is 5.32 Å². The lowest BCUT2D eigenvalue weighted by Crippen LogP contribution is -2.40. The number of sulfonamides is 1. The van der Waals surface area contributed by atoms with Gasteiger partial charge in [-0.05, 0) is 36.4 Å². The SMILES string of the molecule is O=C(Nc1ccc(S(=O)(=O)N2CCOCC2)cc1)[C@@H]1CC(c2c(F)cccc2Cl)=NO1. The molecule has 0 aliphatic carbocycles. The summed E-state index contributed by atoms with van der Waals surface area (Å²) in [7, 11) is -3.62. The topological polar surface area (TPSA) is 97.3 Å². The van der Waals surface area contributed by atoms with Crippen LogP contribution in [0.3, 0.4) is 0 Å². The lowest BCUT2D eigenvalue weighted by atomic mass is 10.0. The van der Waals surface area contributed by atoms with Crippen molar-refractivity contribution in [1.82, 2.24) is 4.31 Å². The molecule has 2 aliphatic rings. The zero-order chi connectivity index (χ0) is 22.0. The van der Waals surface area contributed by atoms with Gasteiger partial charge in [0.25, 0.3) is 5.91 Å². The van der Waals surface area contributed by atoms with Gasteiger partial charge in [-0.25, -0.2) is 12.8 Å². The number of rotatable bonds is 5. The van der Waals surface area contributed by atoms with Gasteiger partial charge in [-0.1, -0.05) is 22.8 Å². The minimum Gasteiger partial charge on any atom is -0.382 e. The van der Waals surface area contributed by atoms with E-state index in [4.69, 9.17) is 21.2 Å². The van der Waals surface area contributed by atoms with Crippen molar-refractivity contribution in [3.63, 3.8) is 0 Å². The summed E-state index contributed by atoms with van der Waals surface area (Å²) in [5.74, 6) is -1.04. The summed E-state index contributed by atoms with van der Waals surface area (Å²) in [6.07, 6.45) is -0.905. The van der Waals surface area contributed by atoms with Crippen molar-refractivity contribution in [3.8, 4) is 0 Å². The maximum absolute atomic E-state index is 14.1. The molecule has 2 heterocycles. The number of hydrogen-bond acceptors (Lipinski definition) is 6. The predicted octanol–water partition coefficient (Wildman–Crippen LogP) is 2.63. The molecule has 1 saturated heterocycles. The molecule has 11 heteroatoms. The second kappa shape index (κ2) is 8.91. The molecule has 1 N–H and O–H groups in total. The first-order valence-corrected chi connectivity index (χ1v) is 11.3. The first kappa shape index (κ1) is 21.7. The van der Waals surface area contributed by atoms with Gasteiger partial charge in [0.15, 0.2) is 0 Å². The molecule has 0 saturated carbocycles. The summed E-state index contributed by atoms with van der Waals surface area (Å²) in [5, 5.41) is 6.64. The maximum atomic E-state index is 14.1. The number of amides is 1. The Morgan fingerprint density at radius 2 is 1.87 bits per heavy atom. The number of nitrogens with one attached hydrogen (secondary N) is 1. The molecule has 0 bridgehead atoms. The third kappa shape index (κ3) is 4.57. The molecule has 1 fully saturated rings. The molecule has 0 aromatic heterocycles. The number of ether oxygens (including phenoxy) is 1. The molecule has 0 radical (unpaired) electrons. The molecule has 1 amide bonds. The molecular formula is C20H19ClFN3O5S. The highest BCUT2D eigenvalue weighted by Gasteiger charge is 2.31. The number of oxime groups is 1. The highest BCUT2D eigenvalue weighted by atomic mass is 35.5. The van der Waals surface area contributed by atoms with Gasteiger partial charge in [0.2, 0.25) is 16.1 Å². The number of hydrogen-bond donors (Lipinski definition) is 1. The van der Waals surface area contributed by atoms with Gasteiger partial charge < -0.3 is 14.9 Å². The second-order valence-corrected chi connectivity index (χ2v) is 9.31. The van der Waals surface area contributed by atoms with E-state index >= 15 is 0 Å². The molecule has 8 nitrogen and oxygen atoms in total. The molecule has 2 aromatic carbocycles. The summed E-state index contributed by atoms with van der Waals surface area (Å²) in [5.41, 5.74) is 0.749. The van der Waals surface area contributed by atoms with Crippen LogP contribution in [0, 0.1) is 5.82 Å². The van der Waals surface area contributed by atoms with E-state index in [-0.39, 0.29) is 27.6 Å². The Balaban J connectivity index is 1.40. The Morgan fingerprint density at radius 3 is 2.55 bits per heavy atom. The van der Waals surface area contributed by atoms with Crippen molar-refractivity contribution < 1.29 is 27.2 Å². The Morgan fingerprint density at radius 1 is 1.16 bits per heavy atom. The minimum absolute atomic E-state index is 0.0516. The number of nitrogens with zero attached hydrogens (tertiary/aromatic N) is 2. The van der Waals surface area contributed by atoms with Crippen LogP contribution in [-0.2, 0) is 24.4 Å². The minimum atomic E-state index is -3.62. The van der Waals surface area contributed by atoms with Crippen molar-refractivity contribution in [2.24, 2.45) is 5.16 Å². The first-order chi connectivity index (χ1) is 14.9. The average molecular weight is 468 g/mol. The zero-order valence-corrected chi connectivity index (χ0v) is 17.8. The highest BCUT2D eigenvalue weighted by Crippen LogP contribution is 2.26. The van der Waals surface area contributed by atoms with Crippen molar-refractivity contribution in [1.29, 1.82) is 0 Å². The van der Waals surface area contributed by atoms with Crippen LogP contribution in [0.1, 0.15) is 12.0 Å². The number of carbonyl (C=O) groups excluding carboxylic acids is 1. The Bertz CT molecular complexity index is 1100. The third-order valence-electron chi connectivity index (χ3n) is 4.94. The van der Waals surface area contributed by atoms with Gasteiger partial charge in [-0.15, -0.1) is 0 Å². The number of anilines is 1. The van der Waals surface area contributed by atoms with E-state index in [9.17, 15) is 17.6 Å². The summed E-state index contributed by atoms with van der Waals surface area (Å²) >= 11 is 6.04. The molecule has 2 aromatic rings. The number of morpholine rings is 1. The Kier molecular flexibility index (Phi) is 6.24. The normalized spacial score (nSPS) is 19.5. The van der Waals surface area contributed by atoms with E-state index in [0.29, 0.717) is 32.0 Å². The van der Waals surface area contributed by atoms with Crippen LogP contribution in [-0.4, -0.2) is 56.7 Å². The van der Waals surface area contributed by atoms with E-state index in [1.165, 1.54) is 46.8 Å². The van der Waals surface area contributed by atoms with E-state index < -0.39 is 27.9 Å². The largest absolute Gasteiger partial charge is 0.382 e. The van der Waals surface area contributed by atoms with Crippen molar-refractivity contribution in [3.05, 3.63) is 58.9 Å². The summed E-state index contributed by atoms with van der Waals surface area (Å²) in [6, 6.07) is 10.1. The quantitative estimate of drug-likeness (QED) is 0.729. The van der Waals surface area contributed by atoms with E-state index in [1.807, 2.05) is 0 Å². The first-order valence-electron chi connectivity index (χ1n) is 9.52. The third-order valence-corrected chi connectivity index (χ3v) is 7.17. The monoisotopic (exact) mass is 467 g/mol. The van der Waals surface area contributed by atoms with Gasteiger partial charge in [0.1, 0.15) is 5.82 Å². The highest BCUT2D eigenvalue weighted by molar-refractivity contribution is 7.89. The predicted molar refractivity (Wildman–Crippen MR) is 112 cm³/mol. The smallest absolute Gasteiger partial charge is 0.268 e. The number of benzene rings is 2. The summed E-state index contributed by atoms with van der Waals surface area (Å²) in [4.78, 5) is 17.8. The Hall–Kier alpha value is -2.53. The molecular weight excluding hydrogens is 449 g/mol. The maximum Gasteiger partial charge on any atom is 0.268 e. The average Bonchev–Trinajstić information content (AvgIpc) is 3.24. The van der Waals surface area contributed by atoms with Crippen LogP contribution in [0.25, 0.3) is 0 Å². The fraction of sp³-hybridized carbons (Fsp3) is 0.300. The second-order valence-electron chi connectivity index (χ2n) is 6.96. The molecule has 1 atom stereocenters. The van der Waals surface area contributed by atoms with Crippen LogP contribution in [0.4, 0.5) is 10.1 Å². The van der Waals surface area contributed by atoms with Crippen LogP contribution in [0.5, 0.6) is 0 Å². The summed E-state index contributed by atoms with van der Waals surface area (Å²) in [6.45, 7) is 1.32. The van der Waals surface area contributed by atoms with Gasteiger partial charge in [0, 0.05) is 25.2 Å². The lowest BCUT2D eigenvalue weighted by molar-refractivity contribution is -0.125. The molecule has 2 aliphatic heterocycles. The number of carbonyl (C=O) groups is 1. The molecule has 0 unspecified atom stereocenters. The van der Waals surface area contributed by atoms with Gasteiger partial charge >= 0.3 is 0 Å². The van der Waals surface area contributed by atoms with Gasteiger partial charge in [0.05, 0.1) is 34.4 Å². The van der Waals surface area contributed by atoms with E-state index in [2.05, 4.69) is 10.5 Å². The van der Waals surface area contributed by atoms with Crippen molar-refractivity contribution in [2.75, 3.05) is 31.6 Å². The van der Waals surface area contributed by atoms with E-state index in [1.54, 1.807) is 0 Å². The van der Waals surface area contributed by atoms with E-state index in [0.717, 1.165) is 0 Å². The van der Waals surface area contributed by atoms with Crippen LogP contribution >= 0.6 is 11.6 Å². The van der Waals surface area contributed by atoms with Crippen molar-refractivity contribution >= 4 is 38.9 Å². The molecule has 0 spiro atoms. The lowest BCUT2D eigenvalue weighted by Gasteiger charge is -2.26. The zero-order valence-electron chi connectivity index (χ0n) is 16.3. The molecule has 4 rings (SSSR count). The Labute approximate surface area is 183 Å². The van der Waals surface area contributed by atoms with Crippen LogP contribution in [0.15, 0.2) is 52.5 Å². The van der Waals surface area contributed by atoms with Gasteiger partial charge in [-0.2, -0.15) is 4.31 Å². The fourth-order valence-electron chi connectivity index (χ4n) is 3.31. The van der Waals surface area contributed by atoms with Gasteiger partial charge in [-0.3, -0.25) is 4.79 Å². The molecule has 164 valence electrons.